The predicted molar refractivity (Wildman–Crippen MR) is 115 cm³/mol. The normalized spacial score (nSPS) is 17.7. The van der Waals surface area contributed by atoms with Gasteiger partial charge in [0.05, 0.1) is 20.3 Å². The highest BCUT2D eigenvalue weighted by Gasteiger charge is 2.32. The molecule has 2 amide bonds. The summed E-state index contributed by atoms with van der Waals surface area (Å²) in [6.45, 7) is 1.39. The molecule has 0 bridgehead atoms. The fourth-order valence-corrected chi connectivity index (χ4v) is 3.63. The molecule has 0 aliphatic carbocycles. The minimum absolute atomic E-state index is 0.0501. The molecule has 0 spiro atoms. The molecule has 2 aliphatic rings. The third-order valence-electron chi connectivity index (χ3n) is 5.14. The molecule has 4 rings (SSSR count). The second-order valence-corrected chi connectivity index (χ2v) is 7.19. The van der Waals surface area contributed by atoms with Crippen molar-refractivity contribution in [2.24, 2.45) is 0 Å². The van der Waals surface area contributed by atoms with Crippen LogP contribution in [0.15, 0.2) is 42.5 Å². The number of anilines is 1. The molecule has 0 aromatic heterocycles. The van der Waals surface area contributed by atoms with Gasteiger partial charge in [-0.3, -0.25) is 9.59 Å². The molecule has 8 nitrogen and oxygen atoms in total. The molecule has 31 heavy (non-hydrogen) atoms. The molecule has 0 unspecified atom stereocenters. The van der Waals surface area contributed by atoms with Crippen LogP contribution in [0.5, 0.6) is 23.0 Å². The van der Waals surface area contributed by atoms with E-state index in [1.807, 2.05) is 12.1 Å². The van der Waals surface area contributed by atoms with Gasteiger partial charge in [-0.25, -0.2) is 0 Å². The van der Waals surface area contributed by atoms with Gasteiger partial charge >= 0.3 is 0 Å². The Labute approximate surface area is 180 Å². The molecule has 2 heterocycles. The van der Waals surface area contributed by atoms with Crippen LogP contribution in [0, 0.1) is 0 Å². The Hall–Kier alpha value is -3.68. The summed E-state index contributed by atoms with van der Waals surface area (Å²) in [4.78, 5) is 26.5. The lowest BCUT2D eigenvalue weighted by Gasteiger charge is -2.22. The Balaban J connectivity index is 1.37. The zero-order valence-corrected chi connectivity index (χ0v) is 17.4. The van der Waals surface area contributed by atoms with E-state index >= 15 is 0 Å². The number of methoxy groups -OCH3 is 2. The van der Waals surface area contributed by atoms with E-state index in [2.05, 4.69) is 5.32 Å². The Kier molecular flexibility index (Phi) is 5.97. The van der Waals surface area contributed by atoms with Gasteiger partial charge in [0.25, 0.3) is 0 Å². The molecule has 2 aromatic rings. The maximum atomic E-state index is 12.5. The first-order valence-electron chi connectivity index (χ1n) is 9.98. The van der Waals surface area contributed by atoms with Crippen LogP contribution in [0.4, 0.5) is 5.69 Å². The first-order chi connectivity index (χ1) is 15.1. The van der Waals surface area contributed by atoms with Gasteiger partial charge in [-0.1, -0.05) is 6.07 Å². The van der Waals surface area contributed by atoms with Crippen molar-refractivity contribution in [3.8, 4) is 23.0 Å². The van der Waals surface area contributed by atoms with Gasteiger partial charge in [0.2, 0.25) is 11.8 Å². The molecule has 2 aliphatic heterocycles. The van der Waals surface area contributed by atoms with Crippen LogP contribution in [0.1, 0.15) is 12.0 Å². The Morgan fingerprint density at radius 1 is 1.06 bits per heavy atom. The smallest absolute Gasteiger partial charge is 0.244 e. The summed E-state index contributed by atoms with van der Waals surface area (Å²) in [7, 11) is 3.13. The number of fused-ring (bicyclic) bond motifs is 1. The van der Waals surface area contributed by atoms with Crippen LogP contribution in [0.2, 0.25) is 0 Å². The number of hydrogen-bond donors (Lipinski definition) is 1. The summed E-state index contributed by atoms with van der Waals surface area (Å²) in [6, 6.07) is 10.5. The van der Waals surface area contributed by atoms with E-state index in [0.717, 1.165) is 11.3 Å². The average Bonchev–Trinajstić information content (AvgIpc) is 3.16. The van der Waals surface area contributed by atoms with Gasteiger partial charge in [0.1, 0.15) is 13.2 Å². The van der Waals surface area contributed by atoms with E-state index in [-0.39, 0.29) is 24.3 Å². The zero-order valence-electron chi connectivity index (χ0n) is 17.4. The van der Waals surface area contributed by atoms with Gasteiger partial charge in [-0.05, 0) is 35.9 Å². The molecule has 8 heteroatoms. The van der Waals surface area contributed by atoms with Crippen LogP contribution >= 0.6 is 0 Å². The Morgan fingerprint density at radius 3 is 2.61 bits per heavy atom. The molecular weight excluding hydrogens is 400 g/mol. The maximum absolute atomic E-state index is 12.5. The Morgan fingerprint density at radius 2 is 1.84 bits per heavy atom. The minimum atomic E-state index is -0.275. The van der Waals surface area contributed by atoms with Crippen molar-refractivity contribution < 1.29 is 28.5 Å². The van der Waals surface area contributed by atoms with E-state index < -0.39 is 0 Å². The molecule has 0 radical (unpaired) electrons. The third-order valence-corrected chi connectivity index (χ3v) is 5.14. The minimum Gasteiger partial charge on any atom is -0.493 e. The highest BCUT2D eigenvalue weighted by atomic mass is 16.6. The van der Waals surface area contributed by atoms with Crippen molar-refractivity contribution in [2.75, 3.05) is 38.9 Å². The van der Waals surface area contributed by atoms with Crippen LogP contribution < -0.4 is 29.2 Å². The number of nitrogens with one attached hydrogen (secondary N) is 1. The molecular formula is C23H24N2O6. The highest BCUT2D eigenvalue weighted by Crippen LogP contribution is 2.35. The van der Waals surface area contributed by atoms with Gasteiger partial charge in [0, 0.05) is 30.8 Å². The standard InChI is InChI=1S/C23H24N2O6/c1-28-18-6-3-15(11-20(18)29-2)4-8-22(26)24-16-12-23(27)25(14-16)17-5-7-19-21(13-17)31-10-9-30-19/h3-8,11,13,16H,9-10,12,14H2,1-2H3,(H,24,26)/b8-4-/t16-/m0/s1. The Bertz CT molecular complexity index is 1020. The van der Waals surface area contributed by atoms with Crippen molar-refractivity contribution in [2.45, 2.75) is 12.5 Å². The summed E-state index contributed by atoms with van der Waals surface area (Å²) in [5, 5.41) is 2.89. The van der Waals surface area contributed by atoms with Crippen LogP contribution in [-0.4, -0.2) is 51.8 Å². The van der Waals surface area contributed by atoms with Gasteiger partial charge < -0.3 is 29.2 Å². The van der Waals surface area contributed by atoms with Gasteiger partial charge in [-0.2, -0.15) is 0 Å². The predicted octanol–water partition coefficient (Wildman–Crippen LogP) is 2.41. The number of benzene rings is 2. The number of hydrogen-bond acceptors (Lipinski definition) is 6. The summed E-state index contributed by atoms with van der Waals surface area (Å²) in [5.41, 5.74) is 1.53. The average molecular weight is 424 g/mol. The SMILES string of the molecule is COc1ccc(/C=C\C(=O)N[C@H]2CC(=O)N(c3ccc4c(c3)OCCO4)C2)cc1OC. The summed E-state index contributed by atoms with van der Waals surface area (Å²) >= 11 is 0. The molecule has 1 fully saturated rings. The number of rotatable bonds is 6. The van der Waals surface area contributed by atoms with E-state index in [1.165, 1.54) is 6.08 Å². The van der Waals surface area contributed by atoms with Crippen molar-refractivity contribution in [1.29, 1.82) is 0 Å². The first kappa shape index (κ1) is 20.6. The molecule has 1 saturated heterocycles. The first-order valence-corrected chi connectivity index (χ1v) is 9.98. The van der Waals surface area contributed by atoms with Crippen molar-refractivity contribution in [1.82, 2.24) is 5.32 Å². The lowest BCUT2D eigenvalue weighted by molar-refractivity contribution is -0.117. The second kappa shape index (κ2) is 8.99. The molecule has 162 valence electrons. The quantitative estimate of drug-likeness (QED) is 0.717. The largest absolute Gasteiger partial charge is 0.493 e. The molecule has 1 atom stereocenters. The van der Waals surface area contributed by atoms with E-state index in [0.29, 0.717) is 42.8 Å². The number of carbonyl (C=O) groups is 2. The summed E-state index contributed by atoms with van der Waals surface area (Å²) < 4.78 is 21.6. The number of carbonyl (C=O) groups excluding carboxylic acids is 2. The van der Waals surface area contributed by atoms with E-state index in [1.54, 1.807) is 49.5 Å². The highest BCUT2D eigenvalue weighted by molar-refractivity contribution is 5.98. The lowest BCUT2D eigenvalue weighted by atomic mass is 10.2. The fraction of sp³-hybridized carbons (Fsp3) is 0.304. The van der Waals surface area contributed by atoms with Crippen molar-refractivity contribution >= 4 is 23.6 Å². The van der Waals surface area contributed by atoms with Crippen molar-refractivity contribution in [3.05, 3.63) is 48.0 Å². The number of amides is 2. The van der Waals surface area contributed by atoms with Crippen LogP contribution in [0.3, 0.4) is 0 Å². The third kappa shape index (κ3) is 4.58. The number of nitrogens with zero attached hydrogens (tertiary/aromatic N) is 1. The zero-order chi connectivity index (χ0) is 21.8. The van der Waals surface area contributed by atoms with Crippen LogP contribution in [0.25, 0.3) is 6.08 Å². The molecule has 0 saturated carbocycles. The van der Waals surface area contributed by atoms with Crippen LogP contribution in [-0.2, 0) is 9.59 Å². The lowest BCUT2D eigenvalue weighted by Crippen LogP contribution is -2.36. The topological polar surface area (TPSA) is 86.3 Å². The molecule has 1 N–H and O–H groups in total. The fourth-order valence-electron chi connectivity index (χ4n) is 3.63. The van der Waals surface area contributed by atoms with Crippen molar-refractivity contribution in [3.63, 3.8) is 0 Å². The number of ether oxygens (including phenoxy) is 4. The monoisotopic (exact) mass is 424 g/mol. The van der Waals surface area contributed by atoms with Gasteiger partial charge in [0.15, 0.2) is 23.0 Å². The van der Waals surface area contributed by atoms with E-state index in [9.17, 15) is 9.59 Å². The maximum Gasteiger partial charge on any atom is 0.244 e. The second-order valence-electron chi connectivity index (χ2n) is 7.19. The molecule has 2 aromatic carbocycles. The summed E-state index contributed by atoms with van der Waals surface area (Å²) in [5.74, 6) is 2.19. The van der Waals surface area contributed by atoms with E-state index in [4.69, 9.17) is 18.9 Å². The summed E-state index contributed by atoms with van der Waals surface area (Å²) in [6.07, 6.45) is 3.37. The van der Waals surface area contributed by atoms with Gasteiger partial charge in [-0.15, -0.1) is 0 Å².